The molecule has 0 saturated carbocycles. The molecule has 1 aliphatic carbocycles. The minimum absolute atomic E-state index is 0.0478. The van der Waals surface area contributed by atoms with Crippen molar-refractivity contribution in [1.82, 2.24) is 0 Å². The molecule has 1 unspecified atom stereocenters. The molecule has 1 atom stereocenters. The standard InChI is InChI=1S/C23H21Cl2NO4/c1-29-14-7-9-21(30-2)19(11-14)26-18-4-3-5-20(27)23(18)16(12-22(26)28)15-8-6-13(24)10-17(15)25/h6-11,16H,3-5,12H2,1-2H3. The van der Waals surface area contributed by atoms with Crippen molar-refractivity contribution < 1.29 is 19.1 Å². The Morgan fingerprint density at radius 3 is 2.50 bits per heavy atom. The van der Waals surface area contributed by atoms with Gasteiger partial charge in [-0.15, -0.1) is 0 Å². The Hall–Kier alpha value is -2.50. The second-order valence-electron chi connectivity index (χ2n) is 7.33. The van der Waals surface area contributed by atoms with Crippen LogP contribution in [0.2, 0.25) is 10.0 Å². The topological polar surface area (TPSA) is 55.8 Å². The average molecular weight is 446 g/mol. The van der Waals surface area contributed by atoms with Crippen LogP contribution in [0.4, 0.5) is 5.69 Å². The third-order valence-electron chi connectivity index (χ3n) is 5.64. The van der Waals surface area contributed by atoms with Crippen LogP contribution in [0.3, 0.4) is 0 Å². The SMILES string of the molecule is COc1ccc(OC)c(N2C(=O)CC(c3ccc(Cl)cc3Cl)C3=C2CCCC3=O)c1. The van der Waals surface area contributed by atoms with Crippen molar-refractivity contribution in [3.63, 3.8) is 0 Å². The number of halogens is 2. The van der Waals surface area contributed by atoms with Crippen molar-refractivity contribution in [2.75, 3.05) is 19.1 Å². The van der Waals surface area contributed by atoms with Crippen molar-refractivity contribution in [3.05, 3.63) is 63.3 Å². The molecule has 0 aromatic heterocycles. The van der Waals surface area contributed by atoms with Crippen LogP contribution in [-0.4, -0.2) is 25.9 Å². The van der Waals surface area contributed by atoms with Crippen LogP contribution in [0, 0.1) is 0 Å². The number of rotatable bonds is 4. The number of anilines is 1. The zero-order valence-corrected chi connectivity index (χ0v) is 18.2. The third-order valence-corrected chi connectivity index (χ3v) is 6.20. The Bertz CT molecular complexity index is 1060. The van der Waals surface area contributed by atoms with Gasteiger partial charge in [-0.05, 0) is 42.7 Å². The Morgan fingerprint density at radius 2 is 1.80 bits per heavy atom. The fourth-order valence-corrected chi connectivity index (χ4v) is 4.83. The number of nitrogens with zero attached hydrogens (tertiary/aromatic N) is 1. The number of ether oxygens (including phenoxy) is 2. The van der Waals surface area contributed by atoms with Gasteiger partial charge in [0.25, 0.3) is 0 Å². The van der Waals surface area contributed by atoms with Gasteiger partial charge in [-0.1, -0.05) is 29.3 Å². The number of Topliss-reactive ketones (excluding diaryl/α,β-unsaturated/α-hetero) is 1. The summed E-state index contributed by atoms with van der Waals surface area (Å²) in [5, 5.41) is 0.968. The molecule has 1 heterocycles. The first-order valence-corrected chi connectivity index (χ1v) is 10.5. The van der Waals surface area contributed by atoms with Crippen molar-refractivity contribution in [2.45, 2.75) is 31.6 Å². The molecule has 30 heavy (non-hydrogen) atoms. The smallest absolute Gasteiger partial charge is 0.232 e. The summed E-state index contributed by atoms with van der Waals surface area (Å²) < 4.78 is 10.9. The molecular formula is C23H21Cl2NO4. The zero-order chi connectivity index (χ0) is 21.4. The predicted octanol–water partition coefficient (Wildman–Crippen LogP) is 5.54. The lowest BCUT2D eigenvalue weighted by atomic mass is 9.77. The lowest BCUT2D eigenvalue weighted by molar-refractivity contribution is -0.119. The van der Waals surface area contributed by atoms with E-state index in [0.29, 0.717) is 57.8 Å². The molecule has 0 spiro atoms. The number of carbonyl (C=O) groups is 2. The Morgan fingerprint density at radius 1 is 1.00 bits per heavy atom. The molecular weight excluding hydrogens is 425 g/mol. The first-order chi connectivity index (χ1) is 14.4. The van der Waals surface area contributed by atoms with Crippen LogP contribution in [0.1, 0.15) is 37.2 Å². The number of methoxy groups -OCH3 is 2. The van der Waals surface area contributed by atoms with E-state index in [9.17, 15) is 9.59 Å². The highest BCUT2D eigenvalue weighted by Crippen LogP contribution is 2.47. The second kappa shape index (κ2) is 8.32. The summed E-state index contributed by atoms with van der Waals surface area (Å²) >= 11 is 12.5. The van der Waals surface area contributed by atoms with Crippen molar-refractivity contribution >= 4 is 40.6 Å². The van der Waals surface area contributed by atoms with E-state index in [-0.39, 0.29) is 18.1 Å². The van der Waals surface area contributed by atoms with E-state index in [2.05, 4.69) is 0 Å². The van der Waals surface area contributed by atoms with Gasteiger partial charge in [0, 0.05) is 46.1 Å². The van der Waals surface area contributed by atoms with E-state index < -0.39 is 5.92 Å². The summed E-state index contributed by atoms with van der Waals surface area (Å²) in [6.07, 6.45) is 1.90. The Balaban J connectivity index is 1.90. The van der Waals surface area contributed by atoms with Gasteiger partial charge in [0.05, 0.1) is 19.9 Å². The molecule has 0 saturated heterocycles. The maximum absolute atomic E-state index is 13.4. The van der Waals surface area contributed by atoms with E-state index in [4.69, 9.17) is 32.7 Å². The van der Waals surface area contributed by atoms with Gasteiger partial charge < -0.3 is 9.47 Å². The number of benzene rings is 2. The monoisotopic (exact) mass is 445 g/mol. The molecule has 0 N–H and O–H groups in total. The normalized spacial score (nSPS) is 19.1. The first kappa shape index (κ1) is 20.8. The molecule has 1 aliphatic heterocycles. The molecule has 2 aromatic carbocycles. The molecule has 2 aliphatic rings. The van der Waals surface area contributed by atoms with Gasteiger partial charge in [-0.25, -0.2) is 0 Å². The lowest BCUT2D eigenvalue weighted by Crippen LogP contribution is -2.40. The second-order valence-corrected chi connectivity index (χ2v) is 8.17. The third kappa shape index (κ3) is 3.57. The number of hydrogen-bond donors (Lipinski definition) is 0. The van der Waals surface area contributed by atoms with Crippen LogP contribution >= 0.6 is 23.2 Å². The Kier molecular flexibility index (Phi) is 5.76. The van der Waals surface area contributed by atoms with Gasteiger partial charge in [0.15, 0.2) is 5.78 Å². The van der Waals surface area contributed by atoms with Gasteiger partial charge >= 0.3 is 0 Å². The van der Waals surface area contributed by atoms with E-state index >= 15 is 0 Å². The summed E-state index contributed by atoms with van der Waals surface area (Å²) in [4.78, 5) is 28.1. The number of allylic oxidation sites excluding steroid dienone is 2. The van der Waals surface area contributed by atoms with Gasteiger partial charge in [-0.2, -0.15) is 0 Å². The fraction of sp³-hybridized carbons (Fsp3) is 0.304. The molecule has 2 aromatic rings. The van der Waals surface area contributed by atoms with Gasteiger partial charge in [0.1, 0.15) is 11.5 Å². The maximum Gasteiger partial charge on any atom is 0.232 e. The van der Waals surface area contributed by atoms with Crippen LogP contribution in [0.15, 0.2) is 47.7 Å². The van der Waals surface area contributed by atoms with Gasteiger partial charge in [0.2, 0.25) is 5.91 Å². The average Bonchev–Trinajstić information content (AvgIpc) is 2.73. The van der Waals surface area contributed by atoms with Crippen molar-refractivity contribution in [2.24, 2.45) is 0 Å². The van der Waals surface area contributed by atoms with Crippen LogP contribution in [0.5, 0.6) is 11.5 Å². The van der Waals surface area contributed by atoms with Crippen molar-refractivity contribution in [1.29, 1.82) is 0 Å². The van der Waals surface area contributed by atoms with E-state index in [1.807, 2.05) is 0 Å². The van der Waals surface area contributed by atoms with E-state index in [1.54, 1.807) is 55.5 Å². The number of ketones is 1. The zero-order valence-electron chi connectivity index (χ0n) is 16.7. The highest BCUT2D eigenvalue weighted by atomic mass is 35.5. The van der Waals surface area contributed by atoms with Crippen molar-refractivity contribution in [3.8, 4) is 11.5 Å². The highest BCUT2D eigenvalue weighted by Gasteiger charge is 2.41. The molecule has 156 valence electrons. The lowest BCUT2D eigenvalue weighted by Gasteiger charge is -2.39. The molecule has 4 rings (SSSR count). The molecule has 0 radical (unpaired) electrons. The first-order valence-electron chi connectivity index (χ1n) is 9.70. The summed E-state index contributed by atoms with van der Waals surface area (Å²) in [6.45, 7) is 0. The summed E-state index contributed by atoms with van der Waals surface area (Å²) in [7, 11) is 3.12. The molecule has 1 amide bonds. The highest BCUT2D eigenvalue weighted by molar-refractivity contribution is 6.35. The maximum atomic E-state index is 13.4. The van der Waals surface area contributed by atoms with E-state index in [0.717, 1.165) is 5.56 Å². The number of hydrogen-bond acceptors (Lipinski definition) is 4. The Labute approximate surface area is 185 Å². The van der Waals surface area contributed by atoms with E-state index in [1.165, 1.54) is 0 Å². The van der Waals surface area contributed by atoms with Crippen LogP contribution in [0.25, 0.3) is 0 Å². The minimum atomic E-state index is -0.391. The molecule has 5 nitrogen and oxygen atoms in total. The van der Waals surface area contributed by atoms with Gasteiger partial charge in [-0.3, -0.25) is 14.5 Å². The fourth-order valence-electron chi connectivity index (χ4n) is 4.29. The van der Waals surface area contributed by atoms with Crippen LogP contribution in [-0.2, 0) is 9.59 Å². The number of carbonyl (C=O) groups excluding carboxylic acids is 2. The summed E-state index contributed by atoms with van der Waals surface area (Å²) in [6, 6.07) is 10.5. The largest absolute Gasteiger partial charge is 0.497 e. The van der Waals surface area contributed by atoms with Crippen LogP contribution < -0.4 is 14.4 Å². The number of amides is 1. The molecule has 7 heteroatoms. The predicted molar refractivity (Wildman–Crippen MR) is 117 cm³/mol. The summed E-state index contributed by atoms with van der Waals surface area (Å²) in [5.41, 5.74) is 2.68. The molecule has 0 fully saturated rings. The molecule has 0 bridgehead atoms. The summed E-state index contributed by atoms with van der Waals surface area (Å²) in [5.74, 6) is 0.679. The quantitative estimate of drug-likeness (QED) is 0.619. The minimum Gasteiger partial charge on any atom is -0.497 e.